The fraction of sp³-hybridized carbons (Fsp3) is 0.923. The predicted octanol–water partition coefficient (Wildman–Crippen LogP) is -0.556. The van der Waals surface area contributed by atoms with Crippen LogP contribution in [0.2, 0.25) is 0 Å². The van der Waals surface area contributed by atoms with Crippen molar-refractivity contribution >= 4 is 5.91 Å². The summed E-state index contributed by atoms with van der Waals surface area (Å²) in [7, 11) is 0. The number of likely N-dealkylation sites (tertiary alicyclic amines) is 1. The summed E-state index contributed by atoms with van der Waals surface area (Å²) in [5, 5.41) is 3.38. The molecule has 0 saturated carbocycles. The highest BCUT2D eigenvalue weighted by Crippen LogP contribution is 2.15. The molecule has 2 saturated heterocycles. The molecule has 0 bridgehead atoms. The van der Waals surface area contributed by atoms with Gasteiger partial charge in [-0.25, -0.2) is 0 Å². The lowest BCUT2D eigenvalue weighted by Crippen LogP contribution is -2.63. The van der Waals surface area contributed by atoms with Gasteiger partial charge in [0.25, 0.3) is 0 Å². The number of hydrogen-bond acceptors (Lipinski definition) is 4. The summed E-state index contributed by atoms with van der Waals surface area (Å²) in [4.78, 5) is 18.7. The summed E-state index contributed by atoms with van der Waals surface area (Å²) < 4.78 is 0. The first-order chi connectivity index (χ1) is 8.74. The van der Waals surface area contributed by atoms with Crippen LogP contribution in [-0.4, -0.2) is 85.6 Å². The van der Waals surface area contributed by atoms with Crippen LogP contribution in [0.25, 0.3) is 0 Å². The number of nitrogens with one attached hydrogen (secondary N) is 1. The van der Waals surface area contributed by atoms with Crippen LogP contribution >= 0.6 is 0 Å². The molecule has 0 aromatic heterocycles. The summed E-state index contributed by atoms with van der Waals surface area (Å²) in [6.45, 7) is 13.0. The molecule has 0 aromatic rings. The van der Waals surface area contributed by atoms with Gasteiger partial charge in [0.1, 0.15) is 0 Å². The van der Waals surface area contributed by atoms with Gasteiger partial charge in [-0.05, 0) is 13.8 Å². The van der Waals surface area contributed by atoms with Crippen molar-refractivity contribution in [2.45, 2.75) is 19.9 Å². The smallest absolute Gasteiger partial charge is 0.236 e. The third-order valence-corrected chi connectivity index (χ3v) is 4.08. The predicted molar refractivity (Wildman–Crippen MR) is 72.6 cm³/mol. The lowest BCUT2D eigenvalue weighted by molar-refractivity contribution is -0.134. The summed E-state index contributed by atoms with van der Waals surface area (Å²) in [6, 6.07) is 0.677. The van der Waals surface area contributed by atoms with Crippen LogP contribution in [0, 0.1) is 0 Å². The standard InChI is InChI=1S/C13H26N4O/c1-3-16(4-2)13(18)11-15-9-12(10-15)17-7-5-14-6-8-17/h12,14H,3-11H2,1-2H3. The third kappa shape index (κ3) is 3.22. The molecule has 2 fully saturated rings. The van der Waals surface area contributed by atoms with Crippen LogP contribution in [0.3, 0.4) is 0 Å². The molecular weight excluding hydrogens is 228 g/mol. The molecule has 0 atom stereocenters. The molecule has 18 heavy (non-hydrogen) atoms. The summed E-state index contributed by atoms with van der Waals surface area (Å²) >= 11 is 0. The number of nitrogens with zero attached hydrogens (tertiary/aromatic N) is 3. The minimum Gasteiger partial charge on any atom is -0.342 e. The van der Waals surface area contributed by atoms with Gasteiger partial charge in [0.05, 0.1) is 6.54 Å². The van der Waals surface area contributed by atoms with Gasteiger partial charge in [-0.1, -0.05) is 0 Å². The van der Waals surface area contributed by atoms with Crippen molar-refractivity contribution in [2.75, 3.05) is 58.9 Å². The Bertz CT molecular complexity index is 268. The highest BCUT2D eigenvalue weighted by atomic mass is 16.2. The van der Waals surface area contributed by atoms with E-state index in [4.69, 9.17) is 0 Å². The highest BCUT2D eigenvalue weighted by Gasteiger charge is 2.33. The lowest BCUT2D eigenvalue weighted by atomic mass is 10.1. The zero-order valence-electron chi connectivity index (χ0n) is 11.7. The van der Waals surface area contributed by atoms with Crippen LogP contribution in [0.15, 0.2) is 0 Å². The molecule has 0 spiro atoms. The Morgan fingerprint density at radius 2 is 1.83 bits per heavy atom. The molecule has 2 rings (SSSR count). The molecule has 2 heterocycles. The van der Waals surface area contributed by atoms with E-state index >= 15 is 0 Å². The molecule has 0 aromatic carbocycles. The van der Waals surface area contributed by atoms with Gasteiger partial charge < -0.3 is 10.2 Å². The average molecular weight is 254 g/mol. The molecule has 5 nitrogen and oxygen atoms in total. The van der Waals surface area contributed by atoms with E-state index in [1.165, 1.54) is 0 Å². The highest BCUT2D eigenvalue weighted by molar-refractivity contribution is 5.78. The maximum Gasteiger partial charge on any atom is 0.236 e. The minimum atomic E-state index is 0.277. The summed E-state index contributed by atoms with van der Waals surface area (Å²) in [5.41, 5.74) is 0. The molecule has 0 unspecified atom stereocenters. The van der Waals surface area contributed by atoms with Crippen molar-refractivity contribution in [1.82, 2.24) is 20.0 Å². The van der Waals surface area contributed by atoms with Crippen LogP contribution in [-0.2, 0) is 4.79 Å². The zero-order valence-corrected chi connectivity index (χ0v) is 11.7. The van der Waals surface area contributed by atoms with Crippen LogP contribution in [0.4, 0.5) is 0 Å². The van der Waals surface area contributed by atoms with E-state index in [0.29, 0.717) is 12.6 Å². The van der Waals surface area contributed by atoms with E-state index in [-0.39, 0.29) is 5.91 Å². The number of likely N-dealkylation sites (N-methyl/N-ethyl adjacent to an activating group) is 1. The molecule has 1 N–H and O–H groups in total. The first kappa shape index (κ1) is 13.8. The number of rotatable bonds is 5. The first-order valence-electron chi connectivity index (χ1n) is 7.19. The molecule has 0 radical (unpaired) electrons. The number of carbonyl (C=O) groups is 1. The van der Waals surface area contributed by atoms with Gasteiger partial charge >= 0.3 is 0 Å². The number of amides is 1. The summed E-state index contributed by atoms with van der Waals surface area (Å²) in [5.74, 6) is 0.277. The second kappa shape index (κ2) is 6.50. The Hall–Kier alpha value is -0.650. The average Bonchev–Trinajstić information content (AvgIpc) is 2.36. The maximum atomic E-state index is 12.0. The quantitative estimate of drug-likeness (QED) is 0.714. The zero-order chi connectivity index (χ0) is 13.0. The van der Waals surface area contributed by atoms with E-state index in [1.54, 1.807) is 0 Å². The molecular formula is C13H26N4O. The fourth-order valence-corrected chi connectivity index (χ4v) is 2.82. The van der Waals surface area contributed by atoms with Crippen molar-refractivity contribution in [1.29, 1.82) is 0 Å². The maximum absolute atomic E-state index is 12.0. The third-order valence-electron chi connectivity index (χ3n) is 4.08. The Morgan fingerprint density at radius 3 is 2.39 bits per heavy atom. The van der Waals surface area contributed by atoms with Gasteiger partial charge in [0.15, 0.2) is 0 Å². The van der Waals surface area contributed by atoms with E-state index in [9.17, 15) is 4.79 Å². The number of hydrogen-bond donors (Lipinski definition) is 1. The normalized spacial score (nSPS) is 22.8. The van der Waals surface area contributed by atoms with Crippen LogP contribution in [0.5, 0.6) is 0 Å². The van der Waals surface area contributed by atoms with Crippen molar-refractivity contribution in [3.8, 4) is 0 Å². The van der Waals surface area contributed by atoms with Gasteiger partial charge in [-0.2, -0.15) is 0 Å². The molecule has 0 aliphatic carbocycles. The van der Waals surface area contributed by atoms with Crippen LogP contribution in [0.1, 0.15) is 13.8 Å². The Morgan fingerprint density at radius 1 is 1.22 bits per heavy atom. The second-order valence-electron chi connectivity index (χ2n) is 5.20. The van der Waals surface area contributed by atoms with Gasteiger partial charge in [-0.3, -0.25) is 14.6 Å². The monoisotopic (exact) mass is 254 g/mol. The van der Waals surface area contributed by atoms with Gasteiger partial charge in [0, 0.05) is 58.4 Å². The molecule has 2 aliphatic rings. The van der Waals surface area contributed by atoms with E-state index in [1.807, 2.05) is 18.7 Å². The van der Waals surface area contributed by atoms with E-state index in [0.717, 1.165) is 52.4 Å². The molecule has 104 valence electrons. The molecule has 5 heteroatoms. The fourth-order valence-electron chi connectivity index (χ4n) is 2.82. The largest absolute Gasteiger partial charge is 0.342 e. The van der Waals surface area contributed by atoms with Crippen molar-refractivity contribution < 1.29 is 4.79 Å². The Balaban J connectivity index is 1.67. The van der Waals surface area contributed by atoms with E-state index in [2.05, 4.69) is 15.1 Å². The van der Waals surface area contributed by atoms with Gasteiger partial charge in [0.2, 0.25) is 5.91 Å². The topological polar surface area (TPSA) is 38.8 Å². The SMILES string of the molecule is CCN(CC)C(=O)CN1CC(N2CCNCC2)C1. The molecule has 2 aliphatic heterocycles. The number of piperazine rings is 1. The van der Waals surface area contributed by atoms with Crippen LogP contribution < -0.4 is 5.32 Å². The number of carbonyl (C=O) groups excluding carboxylic acids is 1. The van der Waals surface area contributed by atoms with Crippen molar-refractivity contribution in [3.63, 3.8) is 0 Å². The Kier molecular flexibility index (Phi) is 4.97. The minimum absolute atomic E-state index is 0.277. The summed E-state index contributed by atoms with van der Waals surface area (Å²) in [6.07, 6.45) is 0. The molecule has 1 amide bonds. The Labute approximate surface area is 110 Å². The van der Waals surface area contributed by atoms with Crippen molar-refractivity contribution in [3.05, 3.63) is 0 Å². The van der Waals surface area contributed by atoms with E-state index < -0.39 is 0 Å². The lowest BCUT2D eigenvalue weighted by Gasteiger charge is -2.46. The van der Waals surface area contributed by atoms with Gasteiger partial charge in [-0.15, -0.1) is 0 Å². The first-order valence-corrected chi connectivity index (χ1v) is 7.19. The van der Waals surface area contributed by atoms with Crippen molar-refractivity contribution in [2.24, 2.45) is 0 Å². The second-order valence-corrected chi connectivity index (χ2v) is 5.20.